The number of benzene rings is 2. The third kappa shape index (κ3) is 2.97. The molecular formula is C20H14ClN3O2. The highest BCUT2D eigenvalue weighted by molar-refractivity contribution is 6.32. The molecule has 1 aliphatic heterocycles. The van der Waals surface area contributed by atoms with Crippen molar-refractivity contribution in [2.45, 2.75) is 12.8 Å². The molecule has 0 saturated heterocycles. The molecule has 0 saturated carbocycles. The van der Waals surface area contributed by atoms with E-state index in [-0.39, 0.29) is 16.5 Å². The monoisotopic (exact) mass is 363 g/mol. The summed E-state index contributed by atoms with van der Waals surface area (Å²) in [6, 6.07) is 15.5. The van der Waals surface area contributed by atoms with Gasteiger partial charge in [-0.3, -0.25) is 0 Å². The molecule has 1 aliphatic rings. The fourth-order valence-corrected chi connectivity index (χ4v) is 3.21. The van der Waals surface area contributed by atoms with Crippen LogP contribution in [0.4, 0.5) is 0 Å². The number of hydrogen-bond donors (Lipinski definition) is 3. The summed E-state index contributed by atoms with van der Waals surface area (Å²) in [6.07, 6.45) is 0. The summed E-state index contributed by atoms with van der Waals surface area (Å²) in [5.74, 6) is -0.619. The van der Waals surface area contributed by atoms with Crippen molar-refractivity contribution < 1.29 is 10.2 Å². The molecule has 0 fully saturated rings. The minimum atomic E-state index is -0.623. The molecule has 6 heteroatoms. The van der Waals surface area contributed by atoms with E-state index in [1.54, 1.807) is 43.3 Å². The minimum Gasteiger partial charge on any atom is -0.508 e. The third-order valence-corrected chi connectivity index (χ3v) is 4.55. The second-order valence-corrected chi connectivity index (χ2v) is 6.28. The van der Waals surface area contributed by atoms with Crippen LogP contribution in [-0.4, -0.2) is 10.2 Å². The Hall–Kier alpha value is -3.41. The van der Waals surface area contributed by atoms with Crippen LogP contribution in [-0.2, 0) is 0 Å². The molecule has 0 bridgehead atoms. The van der Waals surface area contributed by atoms with Crippen molar-refractivity contribution in [3.63, 3.8) is 0 Å². The zero-order chi connectivity index (χ0) is 18.8. The number of rotatable bonds is 2. The van der Waals surface area contributed by atoms with Gasteiger partial charge in [-0.2, -0.15) is 10.5 Å². The number of dihydropyridines is 1. The van der Waals surface area contributed by atoms with Crippen LogP contribution in [0.25, 0.3) is 5.70 Å². The van der Waals surface area contributed by atoms with Gasteiger partial charge in [0.2, 0.25) is 0 Å². The van der Waals surface area contributed by atoms with E-state index in [1.165, 1.54) is 6.07 Å². The second kappa shape index (κ2) is 6.84. The Balaban J connectivity index is 2.26. The van der Waals surface area contributed by atoms with E-state index in [1.807, 2.05) is 0 Å². The standard InChI is InChI=1S/C20H14ClN3O2/c1-11-15(9-22)19(12-5-6-18(26)17(21)8-12)16(10-23)20(24-11)13-3-2-4-14(25)7-13/h2-8,19,24-26H,1H3. The molecule has 26 heavy (non-hydrogen) atoms. The highest BCUT2D eigenvalue weighted by atomic mass is 35.5. The molecule has 0 amide bonds. The van der Waals surface area contributed by atoms with E-state index in [4.69, 9.17) is 11.6 Å². The predicted octanol–water partition coefficient (Wildman–Crippen LogP) is 4.17. The van der Waals surface area contributed by atoms with Gasteiger partial charge in [0.25, 0.3) is 0 Å². The number of halogens is 1. The summed E-state index contributed by atoms with van der Waals surface area (Å²) in [5.41, 5.74) is 3.12. The Labute approximate surface area is 155 Å². The smallest absolute Gasteiger partial charge is 0.134 e. The lowest BCUT2D eigenvalue weighted by Crippen LogP contribution is -2.24. The Kier molecular flexibility index (Phi) is 4.58. The van der Waals surface area contributed by atoms with E-state index in [0.717, 1.165) is 0 Å². The lowest BCUT2D eigenvalue weighted by molar-refractivity contribution is 0.474. The van der Waals surface area contributed by atoms with Crippen LogP contribution in [0.2, 0.25) is 5.02 Å². The Morgan fingerprint density at radius 3 is 2.38 bits per heavy atom. The Morgan fingerprint density at radius 1 is 1.04 bits per heavy atom. The van der Waals surface area contributed by atoms with Gasteiger partial charge in [-0.25, -0.2) is 0 Å². The first-order valence-corrected chi connectivity index (χ1v) is 8.14. The molecule has 1 atom stereocenters. The maximum absolute atomic E-state index is 9.82. The number of allylic oxidation sites excluding steroid dienone is 3. The SMILES string of the molecule is CC1=C(C#N)C(c2ccc(O)c(Cl)c2)C(C#N)=C(c2cccc(O)c2)N1. The van der Waals surface area contributed by atoms with Gasteiger partial charge in [0.1, 0.15) is 11.5 Å². The van der Waals surface area contributed by atoms with Crippen molar-refractivity contribution in [1.82, 2.24) is 5.32 Å². The number of phenols is 2. The van der Waals surface area contributed by atoms with E-state index in [2.05, 4.69) is 17.5 Å². The molecule has 1 unspecified atom stereocenters. The van der Waals surface area contributed by atoms with Crippen molar-refractivity contribution in [2.24, 2.45) is 0 Å². The minimum absolute atomic E-state index is 0.0701. The van der Waals surface area contributed by atoms with Gasteiger partial charge in [0.15, 0.2) is 0 Å². The molecule has 0 aliphatic carbocycles. The molecule has 128 valence electrons. The lowest BCUT2D eigenvalue weighted by atomic mass is 9.80. The maximum atomic E-state index is 9.82. The molecule has 0 aromatic heterocycles. The van der Waals surface area contributed by atoms with Crippen molar-refractivity contribution >= 4 is 17.3 Å². The highest BCUT2D eigenvalue weighted by Gasteiger charge is 2.31. The van der Waals surface area contributed by atoms with Gasteiger partial charge in [-0.05, 0) is 36.8 Å². The molecule has 0 radical (unpaired) electrons. The predicted molar refractivity (Wildman–Crippen MR) is 97.9 cm³/mol. The normalized spacial score (nSPS) is 16.7. The van der Waals surface area contributed by atoms with Gasteiger partial charge in [-0.15, -0.1) is 0 Å². The Morgan fingerprint density at radius 2 is 1.77 bits per heavy atom. The number of hydrogen-bond acceptors (Lipinski definition) is 5. The molecule has 3 rings (SSSR count). The van der Waals surface area contributed by atoms with Crippen molar-refractivity contribution in [1.29, 1.82) is 10.5 Å². The number of aromatic hydroxyl groups is 2. The number of nitrogens with one attached hydrogen (secondary N) is 1. The summed E-state index contributed by atoms with van der Waals surface area (Å²) in [5, 5.41) is 42.2. The topological polar surface area (TPSA) is 100 Å². The van der Waals surface area contributed by atoms with E-state index in [9.17, 15) is 20.7 Å². The van der Waals surface area contributed by atoms with Crippen LogP contribution >= 0.6 is 11.6 Å². The molecule has 2 aromatic rings. The summed E-state index contributed by atoms with van der Waals surface area (Å²) >= 11 is 6.03. The number of phenolic OH excluding ortho intramolecular Hbond substituents is 2. The average molecular weight is 364 g/mol. The van der Waals surface area contributed by atoms with E-state index in [0.29, 0.717) is 33.7 Å². The lowest BCUT2D eigenvalue weighted by Gasteiger charge is -2.28. The van der Waals surface area contributed by atoms with Crippen LogP contribution in [0.5, 0.6) is 11.5 Å². The van der Waals surface area contributed by atoms with Gasteiger partial charge in [0.05, 0.1) is 39.9 Å². The molecule has 0 spiro atoms. The van der Waals surface area contributed by atoms with Crippen LogP contribution in [0.15, 0.2) is 59.3 Å². The van der Waals surface area contributed by atoms with Gasteiger partial charge < -0.3 is 15.5 Å². The van der Waals surface area contributed by atoms with Gasteiger partial charge >= 0.3 is 0 Å². The maximum Gasteiger partial charge on any atom is 0.134 e. The highest BCUT2D eigenvalue weighted by Crippen LogP contribution is 2.41. The first-order valence-electron chi connectivity index (χ1n) is 7.76. The molecule has 2 aromatic carbocycles. The van der Waals surface area contributed by atoms with Crippen LogP contribution in [0.1, 0.15) is 24.0 Å². The first kappa shape index (κ1) is 17.4. The van der Waals surface area contributed by atoms with Crippen LogP contribution in [0.3, 0.4) is 0 Å². The van der Waals surface area contributed by atoms with Crippen molar-refractivity contribution in [2.75, 3.05) is 0 Å². The Bertz CT molecular complexity index is 1040. The second-order valence-electron chi connectivity index (χ2n) is 5.87. The third-order valence-electron chi connectivity index (χ3n) is 4.24. The fraction of sp³-hybridized carbons (Fsp3) is 0.100. The molecular weight excluding hydrogens is 350 g/mol. The molecule has 5 nitrogen and oxygen atoms in total. The fourth-order valence-electron chi connectivity index (χ4n) is 3.02. The summed E-state index contributed by atoms with van der Waals surface area (Å²) in [6.45, 7) is 1.75. The largest absolute Gasteiger partial charge is 0.508 e. The summed E-state index contributed by atoms with van der Waals surface area (Å²) < 4.78 is 0. The molecule has 3 N–H and O–H groups in total. The van der Waals surface area contributed by atoms with Gasteiger partial charge in [-0.1, -0.05) is 29.8 Å². The van der Waals surface area contributed by atoms with Crippen LogP contribution < -0.4 is 5.32 Å². The number of nitriles is 2. The van der Waals surface area contributed by atoms with Gasteiger partial charge in [0, 0.05) is 11.3 Å². The first-order chi connectivity index (χ1) is 12.5. The van der Waals surface area contributed by atoms with Crippen molar-refractivity contribution in [3.05, 3.63) is 75.5 Å². The van der Waals surface area contributed by atoms with E-state index < -0.39 is 5.92 Å². The van der Waals surface area contributed by atoms with Crippen LogP contribution in [0, 0.1) is 22.7 Å². The quantitative estimate of drug-likeness (QED) is 0.743. The van der Waals surface area contributed by atoms with E-state index >= 15 is 0 Å². The molecule has 1 heterocycles. The summed E-state index contributed by atoms with van der Waals surface area (Å²) in [4.78, 5) is 0. The zero-order valence-corrected chi connectivity index (χ0v) is 14.5. The van der Waals surface area contributed by atoms with Crippen molar-refractivity contribution in [3.8, 4) is 23.6 Å². The number of nitrogens with zero attached hydrogens (tertiary/aromatic N) is 2. The zero-order valence-electron chi connectivity index (χ0n) is 13.8. The summed E-state index contributed by atoms with van der Waals surface area (Å²) in [7, 11) is 0. The average Bonchev–Trinajstić information content (AvgIpc) is 2.63.